The third-order valence-corrected chi connectivity index (χ3v) is 6.52. The zero-order valence-electron chi connectivity index (χ0n) is 18.5. The Labute approximate surface area is 183 Å². The molecule has 168 valence electrons. The minimum Gasteiger partial charge on any atom is -0.326 e. The summed E-state index contributed by atoms with van der Waals surface area (Å²) in [5.74, 6) is -0.558. The largest absolute Gasteiger partial charge is 0.326 e. The first kappa shape index (κ1) is 23.0. The number of unbranched alkanes of at least 4 members (excludes halogenated alkanes) is 2. The number of anilines is 1. The molecule has 1 aromatic carbocycles. The number of hydrogen-bond acceptors (Lipinski definition) is 4. The summed E-state index contributed by atoms with van der Waals surface area (Å²) in [6.07, 6.45) is 8.50. The molecular weight excluding hydrogens is 394 g/mol. The highest BCUT2D eigenvalue weighted by atomic mass is 16.2. The van der Waals surface area contributed by atoms with Gasteiger partial charge in [-0.1, -0.05) is 39.0 Å². The topological polar surface area (TPSA) is 95.6 Å². The van der Waals surface area contributed by atoms with Gasteiger partial charge in [-0.2, -0.15) is 0 Å². The fourth-order valence-electron chi connectivity index (χ4n) is 4.55. The summed E-state index contributed by atoms with van der Waals surface area (Å²) < 4.78 is 0. The van der Waals surface area contributed by atoms with Crippen molar-refractivity contribution in [2.24, 2.45) is 5.92 Å². The first-order chi connectivity index (χ1) is 14.8. The molecule has 0 aromatic heterocycles. The van der Waals surface area contributed by atoms with E-state index in [2.05, 4.69) is 17.6 Å². The van der Waals surface area contributed by atoms with Crippen LogP contribution >= 0.6 is 0 Å². The maximum atomic E-state index is 13.0. The minimum absolute atomic E-state index is 0.0474. The lowest BCUT2D eigenvalue weighted by Crippen LogP contribution is -2.51. The third kappa shape index (κ3) is 5.32. The molecule has 3 rings (SSSR count). The van der Waals surface area contributed by atoms with Gasteiger partial charge in [0.2, 0.25) is 5.91 Å². The number of benzene rings is 1. The standard InChI is InChI=1S/C24H33N3O4/c1-3-4-6-11-21(29)25-19-14-12-17(13-15-19)20(28)16-27-22(30)24(2,26-23(27)31)18-9-7-5-8-10-18/h12-15,18H,3-11,16H2,1-2H3,(H,25,29)(H,26,31)/t24-/m0/s1. The van der Waals surface area contributed by atoms with Crippen LogP contribution in [-0.4, -0.2) is 40.6 Å². The lowest BCUT2D eigenvalue weighted by Gasteiger charge is -2.34. The van der Waals surface area contributed by atoms with E-state index in [1.54, 1.807) is 31.2 Å². The molecule has 2 fully saturated rings. The van der Waals surface area contributed by atoms with Gasteiger partial charge in [-0.05, 0) is 56.4 Å². The molecule has 1 atom stereocenters. The van der Waals surface area contributed by atoms with Crippen molar-refractivity contribution in [3.8, 4) is 0 Å². The molecule has 1 aliphatic heterocycles. The van der Waals surface area contributed by atoms with Crippen molar-refractivity contribution in [3.63, 3.8) is 0 Å². The molecule has 1 saturated carbocycles. The van der Waals surface area contributed by atoms with Crippen LogP contribution in [0.4, 0.5) is 10.5 Å². The molecule has 0 radical (unpaired) electrons. The molecule has 4 amide bonds. The second kappa shape index (κ2) is 10.1. The third-order valence-electron chi connectivity index (χ3n) is 6.52. The molecular formula is C24H33N3O4. The summed E-state index contributed by atoms with van der Waals surface area (Å²) in [5, 5.41) is 5.67. The van der Waals surface area contributed by atoms with Crippen LogP contribution in [0.3, 0.4) is 0 Å². The Morgan fingerprint density at radius 1 is 1.10 bits per heavy atom. The second-order valence-electron chi connectivity index (χ2n) is 8.86. The number of carbonyl (C=O) groups is 4. The first-order valence-corrected chi connectivity index (χ1v) is 11.4. The lowest BCUT2D eigenvalue weighted by atomic mass is 9.75. The van der Waals surface area contributed by atoms with Gasteiger partial charge in [0.05, 0.1) is 6.54 Å². The first-order valence-electron chi connectivity index (χ1n) is 11.4. The van der Waals surface area contributed by atoms with Gasteiger partial charge in [-0.3, -0.25) is 19.3 Å². The van der Waals surface area contributed by atoms with Crippen LogP contribution in [0, 0.1) is 5.92 Å². The molecule has 1 saturated heterocycles. The molecule has 7 heteroatoms. The Morgan fingerprint density at radius 3 is 2.42 bits per heavy atom. The van der Waals surface area contributed by atoms with E-state index >= 15 is 0 Å². The van der Waals surface area contributed by atoms with Crippen molar-refractivity contribution in [1.29, 1.82) is 0 Å². The van der Waals surface area contributed by atoms with Gasteiger partial charge in [0.25, 0.3) is 5.91 Å². The number of Topliss-reactive ketones (excluding diaryl/α,β-unsaturated/α-hetero) is 1. The second-order valence-corrected chi connectivity index (χ2v) is 8.86. The summed E-state index contributed by atoms with van der Waals surface area (Å²) in [5.41, 5.74) is 0.0951. The number of imide groups is 1. The molecule has 1 heterocycles. The zero-order valence-corrected chi connectivity index (χ0v) is 18.5. The lowest BCUT2D eigenvalue weighted by molar-refractivity contribution is -0.132. The van der Waals surface area contributed by atoms with Crippen LogP contribution in [0.15, 0.2) is 24.3 Å². The van der Waals surface area contributed by atoms with Gasteiger partial charge in [0, 0.05) is 17.7 Å². The molecule has 1 aliphatic carbocycles. The summed E-state index contributed by atoms with van der Waals surface area (Å²) in [6, 6.07) is 6.07. The molecule has 31 heavy (non-hydrogen) atoms. The summed E-state index contributed by atoms with van der Waals surface area (Å²) in [6.45, 7) is 3.59. The van der Waals surface area contributed by atoms with Gasteiger partial charge in [0.1, 0.15) is 5.54 Å². The van der Waals surface area contributed by atoms with Crippen molar-refractivity contribution in [1.82, 2.24) is 10.2 Å². The van der Waals surface area contributed by atoms with Gasteiger partial charge in [-0.25, -0.2) is 4.79 Å². The Kier molecular flexibility index (Phi) is 7.46. The average Bonchev–Trinajstić information content (AvgIpc) is 2.99. The van der Waals surface area contributed by atoms with Crippen LogP contribution in [0.25, 0.3) is 0 Å². The summed E-state index contributed by atoms with van der Waals surface area (Å²) >= 11 is 0. The van der Waals surface area contributed by atoms with E-state index in [-0.39, 0.29) is 30.1 Å². The SMILES string of the molecule is CCCCCC(=O)Nc1ccc(C(=O)CN2C(=O)N[C@@](C)(C3CCCCC3)C2=O)cc1. The van der Waals surface area contributed by atoms with Crippen LogP contribution in [0.5, 0.6) is 0 Å². The minimum atomic E-state index is -0.927. The molecule has 0 bridgehead atoms. The average molecular weight is 428 g/mol. The van der Waals surface area contributed by atoms with Crippen LogP contribution < -0.4 is 10.6 Å². The molecule has 2 N–H and O–H groups in total. The highest BCUT2D eigenvalue weighted by Gasteiger charge is 2.52. The monoisotopic (exact) mass is 427 g/mol. The number of urea groups is 1. The van der Waals surface area contributed by atoms with E-state index < -0.39 is 11.6 Å². The molecule has 1 aromatic rings. The number of amides is 4. The highest BCUT2D eigenvalue weighted by molar-refractivity contribution is 6.11. The van der Waals surface area contributed by atoms with Gasteiger partial charge >= 0.3 is 6.03 Å². The van der Waals surface area contributed by atoms with Crippen molar-refractivity contribution in [3.05, 3.63) is 29.8 Å². The van der Waals surface area contributed by atoms with Crippen molar-refractivity contribution < 1.29 is 19.2 Å². The van der Waals surface area contributed by atoms with Crippen molar-refractivity contribution in [2.45, 2.75) is 77.2 Å². The Morgan fingerprint density at radius 2 is 1.77 bits per heavy atom. The maximum absolute atomic E-state index is 13.0. The zero-order chi connectivity index (χ0) is 22.4. The van der Waals surface area contributed by atoms with E-state index in [1.165, 1.54) is 0 Å². The molecule has 2 aliphatic rings. The van der Waals surface area contributed by atoms with E-state index in [1.807, 2.05) is 0 Å². The normalized spacial score (nSPS) is 21.8. The smallest absolute Gasteiger partial charge is 0.325 e. The fourth-order valence-corrected chi connectivity index (χ4v) is 4.55. The molecule has 7 nitrogen and oxygen atoms in total. The van der Waals surface area contributed by atoms with Crippen molar-refractivity contribution >= 4 is 29.3 Å². The van der Waals surface area contributed by atoms with Crippen LogP contribution in [0.1, 0.15) is 82.0 Å². The van der Waals surface area contributed by atoms with Gasteiger partial charge < -0.3 is 10.6 Å². The van der Waals surface area contributed by atoms with Crippen LogP contribution in [-0.2, 0) is 9.59 Å². The number of rotatable bonds is 9. The number of carbonyl (C=O) groups excluding carboxylic acids is 4. The van der Waals surface area contributed by atoms with E-state index in [4.69, 9.17) is 0 Å². The van der Waals surface area contributed by atoms with E-state index in [0.717, 1.165) is 56.3 Å². The predicted molar refractivity (Wildman–Crippen MR) is 119 cm³/mol. The summed E-state index contributed by atoms with van der Waals surface area (Å²) in [4.78, 5) is 51.2. The molecule has 0 unspecified atom stereocenters. The predicted octanol–water partition coefficient (Wildman–Crippen LogP) is 4.28. The van der Waals surface area contributed by atoms with Crippen molar-refractivity contribution in [2.75, 3.05) is 11.9 Å². The highest BCUT2D eigenvalue weighted by Crippen LogP contribution is 2.36. The molecule has 0 spiro atoms. The van der Waals surface area contributed by atoms with Gasteiger partial charge in [0.15, 0.2) is 5.78 Å². The van der Waals surface area contributed by atoms with E-state index in [9.17, 15) is 19.2 Å². The number of nitrogens with zero attached hydrogens (tertiary/aromatic N) is 1. The van der Waals surface area contributed by atoms with E-state index in [0.29, 0.717) is 17.7 Å². The number of hydrogen-bond donors (Lipinski definition) is 2. The number of ketones is 1. The Bertz CT molecular complexity index is 830. The maximum Gasteiger partial charge on any atom is 0.325 e. The Balaban J connectivity index is 1.59. The van der Waals surface area contributed by atoms with Gasteiger partial charge in [-0.15, -0.1) is 0 Å². The summed E-state index contributed by atoms with van der Waals surface area (Å²) in [7, 11) is 0. The quantitative estimate of drug-likeness (QED) is 0.349. The van der Waals surface area contributed by atoms with Crippen LogP contribution in [0.2, 0.25) is 0 Å². The fraction of sp³-hybridized carbons (Fsp3) is 0.583. The number of nitrogens with one attached hydrogen (secondary N) is 2. The Hall–Kier alpha value is -2.70.